The number of aryl methyl sites for hydroxylation is 1. The van der Waals surface area contributed by atoms with Crippen molar-refractivity contribution in [1.29, 1.82) is 0 Å². The zero-order chi connectivity index (χ0) is 14.0. The molecule has 0 aliphatic carbocycles. The van der Waals surface area contributed by atoms with E-state index in [0.29, 0.717) is 17.9 Å². The molecule has 5 nitrogen and oxygen atoms in total. The summed E-state index contributed by atoms with van der Waals surface area (Å²) < 4.78 is 5.58. The summed E-state index contributed by atoms with van der Waals surface area (Å²) in [6, 6.07) is 8.11. The van der Waals surface area contributed by atoms with Gasteiger partial charge in [0.2, 0.25) is 0 Å². The third kappa shape index (κ3) is 2.66. The van der Waals surface area contributed by atoms with Gasteiger partial charge in [-0.15, -0.1) is 0 Å². The van der Waals surface area contributed by atoms with Crippen molar-refractivity contribution in [3.8, 4) is 11.3 Å². The summed E-state index contributed by atoms with van der Waals surface area (Å²) in [7, 11) is 0. The van der Waals surface area contributed by atoms with Crippen molar-refractivity contribution in [3.05, 3.63) is 51.8 Å². The molecule has 1 heterocycles. The fraction of sp³-hybridized carbons (Fsp3) is 0.286. The lowest BCUT2D eigenvalue weighted by Gasteiger charge is -2.04. The van der Waals surface area contributed by atoms with Crippen molar-refractivity contribution < 1.29 is 14.4 Å². The Balaban J connectivity index is 2.37. The molecule has 0 bridgehead atoms. The van der Waals surface area contributed by atoms with Gasteiger partial charge in [0.15, 0.2) is 0 Å². The summed E-state index contributed by atoms with van der Waals surface area (Å²) in [6.07, 6.45) is -0.0428. The fourth-order valence-corrected chi connectivity index (χ4v) is 1.92. The largest absolute Gasteiger partial charge is 0.458 e. The molecule has 0 saturated heterocycles. The Morgan fingerprint density at radius 3 is 2.68 bits per heavy atom. The molecule has 1 N–H and O–H groups in total. The van der Waals surface area contributed by atoms with Gasteiger partial charge in [0.25, 0.3) is 5.69 Å². The van der Waals surface area contributed by atoms with Crippen LogP contribution in [0.3, 0.4) is 0 Å². The first-order chi connectivity index (χ1) is 9.02. The second kappa shape index (κ2) is 5.24. The molecule has 1 unspecified atom stereocenters. The van der Waals surface area contributed by atoms with Crippen LogP contribution in [-0.4, -0.2) is 10.0 Å². The molecule has 2 aromatic rings. The second-order valence-corrected chi connectivity index (χ2v) is 4.38. The van der Waals surface area contributed by atoms with Crippen molar-refractivity contribution in [2.45, 2.75) is 26.4 Å². The molecule has 0 amide bonds. The first-order valence-electron chi connectivity index (χ1n) is 6.06. The van der Waals surface area contributed by atoms with Gasteiger partial charge in [-0.3, -0.25) is 10.1 Å². The van der Waals surface area contributed by atoms with Crippen molar-refractivity contribution in [1.82, 2.24) is 0 Å². The number of furan rings is 1. The molecule has 0 radical (unpaired) electrons. The Morgan fingerprint density at radius 1 is 1.37 bits per heavy atom. The Labute approximate surface area is 110 Å². The van der Waals surface area contributed by atoms with Crippen LogP contribution in [-0.2, 0) is 0 Å². The zero-order valence-electron chi connectivity index (χ0n) is 10.8. The molecule has 0 aliphatic rings. The van der Waals surface area contributed by atoms with Gasteiger partial charge in [0, 0.05) is 17.7 Å². The van der Waals surface area contributed by atoms with Crippen LogP contribution >= 0.6 is 0 Å². The van der Waals surface area contributed by atoms with Crippen LogP contribution in [0.5, 0.6) is 0 Å². The molecule has 0 fully saturated rings. The molecule has 0 aliphatic heterocycles. The van der Waals surface area contributed by atoms with Gasteiger partial charge in [-0.25, -0.2) is 0 Å². The number of rotatable bonds is 4. The van der Waals surface area contributed by atoms with Gasteiger partial charge in [0.05, 0.1) is 4.92 Å². The molecule has 0 saturated carbocycles. The normalized spacial score (nSPS) is 12.4. The minimum atomic E-state index is -0.618. The number of aliphatic hydroxyl groups excluding tert-OH is 1. The molecule has 0 spiro atoms. The highest BCUT2D eigenvalue weighted by Gasteiger charge is 2.14. The fourth-order valence-electron chi connectivity index (χ4n) is 1.92. The maximum Gasteiger partial charge on any atom is 0.269 e. The molecule has 5 heteroatoms. The highest BCUT2D eigenvalue weighted by atomic mass is 16.6. The second-order valence-electron chi connectivity index (χ2n) is 4.38. The molecular weight excluding hydrogens is 246 g/mol. The number of nitro benzene ring substituents is 1. The first-order valence-corrected chi connectivity index (χ1v) is 6.06. The van der Waals surface area contributed by atoms with Gasteiger partial charge in [0.1, 0.15) is 17.6 Å². The van der Waals surface area contributed by atoms with E-state index >= 15 is 0 Å². The molecule has 2 rings (SSSR count). The monoisotopic (exact) mass is 261 g/mol. The smallest absolute Gasteiger partial charge is 0.269 e. The van der Waals surface area contributed by atoms with Crippen LogP contribution in [0.2, 0.25) is 0 Å². The summed E-state index contributed by atoms with van der Waals surface area (Å²) in [6.45, 7) is 3.66. The quantitative estimate of drug-likeness (QED) is 0.673. The van der Waals surface area contributed by atoms with Crippen molar-refractivity contribution >= 4 is 5.69 Å². The summed E-state index contributed by atoms with van der Waals surface area (Å²) >= 11 is 0. The van der Waals surface area contributed by atoms with Gasteiger partial charge in [-0.2, -0.15) is 0 Å². The molecular formula is C14H15NO4. The lowest BCUT2D eigenvalue weighted by molar-refractivity contribution is -0.384. The van der Waals surface area contributed by atoms with Gasteiger partial charge in [-0.1, -0.05) is 6.92 Å². The van der Waals surface area contributed by atoms with Crippen molar-refractivity contribution in [3.63, 3.8) is 0 Å². The minimum absolute atomic E-state index is 0.0571. The van der Waals surface area contributed by atoms with Crippen molar-refractivity contribution in [2.75, 3.05) is 0 Å². The topological polar surface area (TPSA) is 76.5 Å². The van der Waals surface area contributed by atoms with Crippen LogP contribution in [0.15, 0.2) is 34.7 Å². The highest BCUT2D eigenvalue weighted by Crippen LogP contribution is 2.30. The molecule has 1 aromatic carbocycles. The number of hydrogen-bond acceptors (Lipinski definition) is 4. The van der Waals surface area contributed by atoms with E-state index in [4.69, 9.17) is 4.42 Å². The number of benzene rings is 1. The standard InChI is InChI=1S/C14H15NO4/c1-3-12(16)14-7-6-13(19-14)11-5-4-10(15(17)18)8-9(11)2/h4-8,12,16H,3H2,1-2H3. The van der Waals surface area contributed by atoms with Crippen molar-refractivity contribution in [2.24, 2.45) is 0 Å². The van der Waals surface area contributed by atoms with Crippen LogP contribution in [0.4, 0.5) is 5.69 Å². The summed E-state index contributed by atoms with van der Waals surface area (Å²) in [4.78, 5) is 10.3. The van der Waals surface area contributed by atoms with Crippen LogP contribution < -0.4 is 0 Å². The molecule has 1 aromatic heterocycles. The van der Waals surface area contributed by atoms with E-state index in [1.165, 1.54) is 12.1 Å². The number of aliphatic hydroxyl groups is 1. The van der Waals surface area contributed by atoms with E-state index in [0.717, 1.165) is 11.1 Å². The Hall–Kier alpha value is -2.14. The highest BCUT2D eigenvalue weighted by molar-refractivity contribution is 5.64. The van der Waals surface area contributed by atoms with E-state index in [2.05, 4.69) is 0 Å². The third-order valence-electron chi connectivity index (χ3n) is 3.03. The van der Waals surface area contributed by atoms with E-state index in [9.17, 15) is 15.2 Å². The van der Waals surface area contributed by atoms with E-state index in [1.807, 2.05) is 6.92 Å². The summed E-state index contributed by atoms with van der Waals surface area (Å²) in [5.41, 5.74) is 1.61. The van der Waals surface area contributed by atoms with E-state index in [-0.39, 0.29) is 5.69 Å². The maximum atomic E-state index is 10.7. The van der Waals surface area contributed by atoms with Crippen LogP contribution in [0.25, 0.3) is 11.3 Å². The number of nitrogens with zero attached hydrogens (tertiary/aromatic N) is 1. The number of non-ortho nitro benzene ring substituents is 1. The lowest BCUT2D eigenvalue weighted by atomic mass is 10.1. The summed E-state index contributed by atoms with van der Waals surface area (Å²) in [5.74, 6) is 1.12. The predicted molar refractivity (Wildman–Crippen MR) is 70.8 cm³/mol. The Kier molecular flexibility index (Phi) is 3.66. The SMILES string of the molecule is CCC(O)c1ccc(-c2ccc([N+](=O)[O-])cc2C)o1. The number of nitro groups is 1. The van der Waals surface area contributed by atoms with E-state index in [1.54, 1.807) is 25.1 Å². The Bertz CT molecular complexity index is 603. The first kappa shape index (κ1) is 13.3. The molecule has 19 heavy (non-hydrogen) atoms. The van der Waals surface area contributed by atoms with Gasteiger partial charge in [-0.05, 0) is 37.1 Å². The lowest BCUT2D eigenvalue weighted by Crippen LogP contribution is -1.92. The van der Waals surface area contributed by atoms with Crippen LogP contribution in [0, 0.1) is 17.0 Å². The predicted octanol–water partition coefficient (Wildman–Crippen LogP) is 3.61. The minimum Gasteiger partial charge on any atom is -0.458 e. The molecule has 1 atom stereocenters. The average Bonchev–Trinajstić information content (AvgIpc) is 2.87. The average molecular weight is 261 g/mol. The summed E-state index contributed by atoms with van der Waals surface area (Å²) in [5, 5.41) is 20.4. The van der Waals surface area contributed by atoms with Gasteiger partial charge < -0.3 is 9.52 Å². The maximum absolute atomic E-state index is 10.7. The third-order valence-corrected chi connectivity index (χ3v) is 3.03. The number of hydrogen-bond donors (Lipinski definition) is 1. The van der Waals surface area contributed by atoms with E-state index < -0.39 is 11.0 Å². The van der Waals surface area contributed by atoms with Crippen LogP contribution in [0.1, 0.15) is 30.8 Å². The van der Waals surface area contributed by atoms with Gasteiger partial charge >= 0.3 is 0 Å². The zero-order valence-corrected chi connectivity index (χ0v) is 10.8. The molecule has 100 valence electrons. The Morgan fingerprint density at radius 2 is 2.11 bits per heavy atom.